The average molecular weight is 303 g/mol. The first kappa shape index (κ1) is 13.7. The van der Waals surface area contributed by atoms with Gasteiger partial charge in [0.1, 0.15) is 20.7 Å². The van der Waals surface area contributed by atoms with Gasteiger partial charge in [-0.2, -0.15) is 0 Å². The summed E-state index contributed by atoms with van der Waals surface area (Å²) in [5.74, 6) is 0. The normalized spacial score (nSPS) is 14.3. The maximum atomic E-state index is 11.6. The lowest BCUT2D eigenvalue weighted by molar-refractivity contribution is 0.561. The number of hydrogen-bond donors (Lipinski definition) is 0. The standard InChI is InChI=1S/C11H15BrN2OS/c1-11(2,3)16(15)14-7-5-9-4-6-13-10(12)8-9/h4,6-8H,5H2,1-3H3/b14-7+. The zero-order valence-electron chi connectivity index (χ0n) is 9.61. The van der Waals surface area contributed by atoms with Crippen molar-refractivity contribution in [3.05, 3.63) is 28.5 Å². The van der Waals surface area contributed by atoms with Gasteiger partial charge >= 0.3 is 0 Å². The van der Waals surface area contributed by atoms with Gasteiger partial charge in [-0.1, -0.05) is 4.40 Å². The highest BCUT2D eigenvalue weighted by Crippen LogP contribution is 2.16. The maximum absolute atomic E-state index is 11.6. The van der Waals surface area contributed by atoms with Crippen molar-refractivity contribution in [2.45, 2.75) is 31.9 Å². The van der Waals surface area contributed by atoms with Crippen molar-refractivity contribution in [3.63, 3.8) is 0 Å². The molecule has 1 aromatic rings. The Hall–Kier alpha value is -0.390. The topological polar surface area (TPSA) is 48.3 Å². The summed E-state index contributed by atoms with van der Waals surface area (Å²) in [5, 5.41) is 0. The van der Waals surface area contributed by atoms with Crippen molar-refractivity contribution in [3.8, 4) is 0 Å². The Bertz CT molecular complexity index is 376. The third kappa shape index (κ3) is 4.63. The van der Waals surface area contributed by atoms with Crippen molar-refractivity contribution in [1.82, 2.24) is 4.98 Å². The first-order valence-electron chi connectivity index (χ1n) is 4.94. The van der Waals surface area contributed by atoms with Crippen LogP contribution in [0.2, 0.25) is 0 Å². The summed E-state index contributed by atoms with van der Waals surface area (Å²) in [6, 6.07) is 3.84. The number of aromatic nitrogens is 1. The number of nitrogens with zero attached hydrogens (tertiary/aromatic N) is 2. The van der Waals surface area contributed by atoms with Gasteiger partial charge < -0.3 is 4.55 Å². The van der Waals surface area contributed by atoms with Crippen molar-refractivity contribution in [2.75, 3.05) is 0 Å². The van der Waals surface area contributed by atoms with Crippen molar-refractivity contribution in [1.29, 1.82) is 0 Å². The molecule has 0 saturated heterocycles. The predicted octanol–water partition coefficient (Wildman–Crippen LogP) is 2.92. The summed E-state index contributed by atoms with van der Waals surface area (Å²) in [6.07, 6.45) is 4.10. The van der Waals surface area contributed by atoms with Crippen LogP contribution >= 0.6 is 15.9 Å². The molecule has 0 spiro atoms. The van der Waals surface area contributed by atoms with Crippen molar-refractivity contribution >= 4 is 33.5 Å². The van der Waals surface area contributed by atoms with Crippen LogP contribution < -0.4 is 0 Å². The zero-order valence-corrected chi connectivity index (χ0v) is 12.0. The summed E-state index contributed by atoms with van der Waals surface area (Å²) in [5.41, 5.74) is 1.09. The Morgan fingerprint density at radius 3 is 2.81 bits per heavy atom. The Balaban J connectivity index is 2.55. The van der Waals surface area contributed by atoms with E-state index < -0.39 is 11.4 Å². The third-order valence-corrected chi connectivity index (χ3v) is 3.63. The van der Waals surface area contributed by atoms with E-state index in [0.717, 1.165) is 10.2 Å². The molecule has 1 atom stereocenters. The van der Waals surface area contributed by atoms with Crippen LogP contribution in [0.3, 0.4) is 0 Å². The molecule has 0 fully saturated rings. The van der Waals surface area contributed by atoms with Crippen LogP contribution in [0.1, 0.15) is 26.3 Å². The van der Waals surface area contributed by atoms with E-state index in [4.69, 9.17) is 0 Å². The minimum absolute atomic E-state index is 0.296. The lowest BCUT2D eigenvalue weighted by Crippen LogP contribution is -2.25. The van der Waals surface area contributed by atoms with Gasteiger partial charge in [-0.05, 0) is 54.4 Å². The van der Waals surface area contributed by atoms with E-state index in [9.17, 15) is 4.55 Å². The second-order valence-corrected chi connectivity index (χ2v) is 7.09. The first-order valence-corrected chi connectivity index (χ1v) is 6.84. The molecule has 0 saturated carbocycles. The molecular formula is C11H15BrN2OS. The second kappa shape index (κ2) is 5.80. The van der Waals surface area contributed by atoms with E-state index in [1.807, 2.05) is 32.9 Å². The van der Waals surface area contributed by atoms with E-state index >= 15 is 0 Å². The summed E-state index contributed by atoms with van der Waals surface area (Å²) in [7, 11) is 0. The summed E-state index contributed by atoms with van der Waals surface area (Å²) in [6.45, 7) is 5.72. The van der Waals surface area contributed by atoms with E-state index in [2.05, 4.69) is 25.3 Å². The lowest BCUT2D eigenvalue weighted by atomic mass is 10.2. The Morgan fingerprint density at radius 2 is 2.25 bits per heavy atom. The molecule has 1 aromatic heterocycles. The molecule has 0 amide bonds. The Morgan fingerprint density at radius 1 is 1.56 bits per heavy atom. The average Bonchev–Trinajstić information content (AvgIpc) is 2.16. The van der Waals surface area contributed by atoms with Gasteiger partial charge in [0.2, 0.25) is 0 Å². The molecule has 0 bridgehead atoms. The minimum Gasteiger partial charge on any atom is -0.591 e. The SMILES string of the molecule is CC(C)(C)[S+]([O-])/N=C/Cc1ccnc(Br)c1. The van der Waals surface area contributed by atoms with Crippen molar-refractivity contribution < 1.29 is 4.55 Å². The van der Waals surface area contributed by atoms with Crippen molar-refractivity contribution in [2.24, 2.45) is 4.40 Å². The first-order chi connectivity index (χ1) is 7.39. The summed E-state index contributed by atoms with van der Waals surface area (Å²) < 4.78 is 16.2. The van der Waals surface area contributed by atoms with Crippen LogP contribution in [-0.2, 0) is 17.8 Å². The fraction of sp³-hybridized carbons (Fsp3) is 0.455. The molecule has 0 aliphatic heterocycles. The predicted molar refractivity (Wildman–Crippen MR) is 72.0 cm³/mol. The van der Waals surface area contributed by atoms with Gasteiger partial charge in [0.15, 0.2) is 0 Å². The van der Waals surface area contributed by atoms with E-state index in [1.54, 1.807) is 12.4 Å². The van der Waals surface area contributed by atoms with Crippen LogP contribution in [0.4, 0.5) is 0 Å². The number of hydrogen-bond acceptors (Lipinski definition) is 3. The molecule has 5 heteroatoms. The molecule has 1 heterocycles. The van der Waals surface area contributed by atoms with Gasteiger partial charge in [-0.25, -0.2) is 4.98 Å². The molecule has 88 valence electrons. The van der Waals surface area contributed by atoms with Crippen LogP contribution in [-0.4, -0.2) is 20.5 Å². The quantitative estimate of drug-likeness (QED) is 0.490. The van der Waals surface area contributed by atoms with Gasteiger partial charge in [-0.3, -0.25) is 0 Å². The smallest absolute Gasteiger partial charge is 0.144 e. The van der Waals surface area contributed by atoms with E-state index in [1.165, 1.54) is 0 Å². The highest BCUT2D eigenvalue weighted by Gasteiger charge is 2.25. The zero-order chi connectivity index (χ0) is 12.2. The largest absolute Gasteiger partial charge is 0.591 e. The highest BCUT2D eigenvalue weighted by molar-refractivity contribution is 9.10. The fourth-order valence-corrected chi connectivity index (χ4v) is 1.88. The number of pyridine rings is 1. The molecular weight excluding hydrogens is 288 g/mol. The lowest BCUT2D eigenvalue weighted by Gasteiger charge is -2.17. The Labute approximate surface area is 108 Å². The van der Waals surface area contributed by atoms with E-state index in [0.29, 0.717) is 6.42 Å². The molecule has 1 unspecified atom stereocenters. The summed E-state index contributed by atoms with van der Waals surface area (Å²) in [4.78, 5) is 4.03. The monoisotopic (exact) mass is 302 g/mol. The molecule has 16 heavy (non-hydrogen) atoms. The van der Waals surface area contributed by atoms with E-state index in [-0.39, 0.29) is 4.75 Å². The van der Waals surface area contributed by atoms with Crippen LogP contribution in [0.15, 0.2) is 27.3 Å². The second-order valence-electron chi connectivity index (χ2n) is 4.34. The molecule has 0 N–H and O–H groups in total. The van der Waals surface area contributed by atoms with Gasteiger partial charge in [0, 0.05) is 12.6 Å². The fourth-order valence-electron chi connectivity index (χ4n) is 0.938. The number of halogens is 1. The van der Waals surface area contributed by atoms with Crippen LogP contribution in [0.5, 0.6) is 0 Å². The van der Waals surface area contributed by atoms with Gasteiger partial charge in [0.25, 0.3) is 0 Å². The van der Waals surface area contributed by atoms with Crippen LogP contribution in [0.25, 0.3) is 0 Å². The van der Waals surface area contributed by atoms with Crippen LogP contribution in [0, 0.1) is 0 Å². The third-order valence-electron chi connectivity index (χ3n) is 1.81. The molecule has 3 nitrogen and oxygen atoms in total. The molecule has 0 aromatic carbocycles. The number of rotatable bonds is 3. The van der Waals surface area contributed by atoms with Gasteiger partial charge in [-0.15, -0.1) is 0 Å². The molecule has 0 radical (unpaired) electrons. The molecule has 1 rings (SSSR count). The van der Waals surface area contributed by atoms with Gasteiger partial charge in [0.05, 0.1) is 6.21 Å². The summed E-state index contributed by atoms with van der Waals surface area (Å²) >= 11 is 2.12. The highest BCUT2D eigenvalue weighted by atomic mass is 79.9. The molecule has 0 aliphatic carbocycles. The maximum Gasteiger partial charge on any atom is 0.144 e. The molecule has 0 aliphatic rings. The minimum atomic E-state index is -1.17. The Kier molecular flexibility index (Phi) is 4.95.